The largest absolute Gasteiger partial charge is 0.506 e. The number of hydrogen-bond donors (Lipinski definition) is 3. The number of pyridine rings is 1. The number of aryl methyl sites for hydroxylation is 1. The second kappa shape index (κ2) is 6.11. The van der Waals surface area contributed by atoms with Crippen LogP contribution in [0.2, 0.25) is 0 Å². The highest BCUT2D eigenvalue weighted by Crippen LogP contribution is 2.35. The monoisotopic (exact) mass is 358 g/mol. The molecule has 1 aromatic heterocycles. The Balaban J connectivity index is 2.12. The first-order chi connectivity index (χ1) is 11.8. The van der Waals surface area contributed by atoms with Gasteiger partial charge in [-0.15, -0.1) is 10.2 Å². The fourth-order valence-corrected chi connectivity index (χ4v) is 2.82. The highest BCUT2D eigenvalue weighted by Gasteiger charge is 2.12. The lowest BCUT2D eigenvalue weighted by molar-refractivity contribution is 0.474. The van der Waals surface area contributed by atoms with E-state index in [1.807, 2.05) is 0 Å². The first kappa shape index (κ1) is 16.8. The van der Waals surface area contributed by atoms with Crippen molar-refractivity contribution in [2.75, 3.05) is 0 Å². The Morgan fingerprint density at radius 1 is 1.04 bits per heavy atom. The molecule has 0 fully saturated rings. The van der Waals surface area contributed by atoms with E-state index < -0.39 is 10.0 Å². The van der Waals surface area contributed by atoms with Crippen molar-refractivity contribution in [2.24, 2.45) is 15.4 Å². The third kappa shape index (κ3) is 3.28. The summed E-state index contributed by atoms with van der Waals surface area (Å²) in [4.78, 5) is 3.99. The van der Waals surface area contributed by atoms with Gasteiger partial charge in [-0.05, 0) is 25.1 Å². The van der Waals surface area contributed by atoms with Gasteiger partial charge >= 0.3 is 0 Å². The highest BCUT2D eigenvalue weighted by molar-refractivity contribution is 7.89. The second-order valence-corrected chi connectivity index (χ2v) is 6.87. The Labute approximate surface area is 143 Å². The van der Waals surface area contributed by atoms with Crippen LogP contribution in [0.1, 0.15) is 5.69 Å². The van der Waals surface area contributed by atoms with Crippen LogP contribution in [0.15, 0.2) is 57.6 Å². The van der Waals surface area contributed by atoms with E-state index in [-0.39, 0.29) is 27.9 Å². The van der Waals surface area contributed by atoms with E-state index in [0.29, 0.717) is 16.5 Å². The molecule has 0 saturated carbocycles. The number of phenolic OH excluding ortho intramolecular Hbond substituents is 1. The topological polar surface area (TPSA) is 138 Å². The maximum absolute atomic E-state index is 11.4. The van der Waals surface area contributed by atoms with Crippen molar-refractivity contribution in [1.29, 1.82) is 0 Å². The molecule has 3 aromatic rings. The van der Waals surface area contributed by atoms with E-state index in [0.717, 1.165) is 6.07 Å². The summed E-state index contributed by atoms with van der Waals surface area (Å²) in [7, 11) is -3.93. The Hall–Kier alpha value is -3.04. The smallest absolute Gasteiger partial charge is 0.238 e. The normalized spacial score (nSPS) is 12.1. The summed E-state index contributed by atoms with van der Waals surface area (Å²) < 4.78 is 22.8. The number of phenols is 1. The van der Waals surface area contributed by atoms with Crippen LogP contribution >= 0.6 is 0 Å². The van der Waals surface area contributed by atoms with Crippen molar-refractivity contribution in [3.05, 3.63) is 48.2 Å². The van der Waals surface area contributed by atoms with Crippen LogP contribution in [0.5, 0.6) is 11.5 Å². The lowest BCUT2D eigenvalue weighted by Gasteiger charge is -2.06. The zero-order chi connectivity index (χ0) is 18.2. The van der Waals surface area contributed by atoms with Crippen LogP contribution in [0, 0.1) is 6.92 Å². The quantitative estimate of drug-likeness (QED) is 0.618. The molecule has 4 N–H and O–H groups in total. The van der Waals surface area contributed by atoms with Crippen molar-refractivity contribution < 1.29 is 18.6 Å². The Morgan fingerprint density at radius 3 is 2.40 bits per heavy atom. The predicted molar refractivity (Wildman–Crippen MR) is 91.8 cm³/mol. The summed E-state index contributed by atoms with van der Waals surface area (Å²) in [6.07, 6.45) is 0. The number of fused-ring (bicyclic) bond motifs is 1. The predicted octanol–water partition coefficient (Wildman–Crippen LogP) is 3.02. The van der Waals surface area contributed by atoms with Crippen molar-refractivity contribution in [3.63, 3.8) is 0 Å². The van der Waals surface area contributed by atoms with Gasteiger partial charge in [0.1, 0.15) is 17.2 Å². The van der Waals surface area contributed by atoms with Gasteiger partial charge in [0.05, 0.1) is 10.6 Å². The molecule has 0 radical (unpaired) electrons. The van der Waals surface area contributed by atoms with Crippen LogP contribution in [0.4, 0.5) is 11.5 Å². The van der Waals surface area contributed by atoms with Gasteiger partial charge in [-0.1, -0.05) is 24.3 Å². The molecule has 8 nitrogen and oxygen atoms in total. The molecule has 0 aliphatic carbocycles. The average molecular weight is 358 g/mol. The van der Waals surface area contributed by atoms with Crippen LogP contribution in [-0.2, 0) is 10.0 Å². The second-order valence-electron chi connectivity index (χ2n) is 5.31. The molecule has 0 bridgehead atoms. The number of nitrogens with zero attached hydrogens (tertiary/aromatic N) is 3. The standard InChI is InChI=1S/C16H14N4O4S/c1-9-15(22)11-4-2-3-5-12(11)16(18-9)20-19-13-8-10(25(17,23)24)6-7-14(13)21/h2-8,21-22H,1H3,(H2,17,23,24). The summed E-state index contributed by atoms with van der Waals surface area (Å²) in [6, 6.07) is 10.4. The third-order valence-electron chi connectivity index (χ3n) is 3.57. The van der Waals surface area contributed by atoms with E-state index in [4.69, 9.17) is 5.14 Å². The Kier molecular flexibility index (Phi) is 4.11. The summed E-state index contributed by atoms with van der Waals surface area (Å²) in [5, 5.41) is 34.0. The molecule has 0 unspecified atom stereocenters. The van der Waals surface area contributed by atoms with Crippen LogP contribution < -0.4 is 5.14 Å². The summed E-state index contributed by atoms with van der Waals surface area (Å²) in [5.74, 6) is 0.0240. The van der Waals surface area contributed by atoms with E-state index >= 15 is 0 Å². The minimum atomic E-state index is -3.93. The number of sulfonamides is 1. The number of rotatable bonds is 3. The van der Waals surface area contributed by atoms with Crippen LogP contribution in [0.25, 0.3) is 10.8 Å². The molecule has 0 atom stereocenters. The Bertz CT molecular complexity index is 1110. The fourth-order valence-electron chi connectivity index (χ4n) is 2.29. The van der Waals surface area contributed by atoms with Gasteiger partial charge in [0.25, 0.3) is 0 Å². The maximum atomic E-state index is 11.4. The van der Waals surface area contributed by atoms with Gasteiger partial charge in [0.15, 0.2) is 5.82 Å². The molecule has 2 aromatic carbocycles. The SMILES string of the molecule is Cc1nc(N=Nc2cc(S(N)(=O)=O)ccc2O)c2ccccc2c1O. The average Bonchev–Trinajstić information content (AvgIpc) is 2.57. The minimum Gasteiger partial charge on any atom is -0.506 e. The minimum absolute atomic E-state index is 0.0496. The summed E-state index contributed by atoms with van der Waals surface area (Å²) in [6.45, 7) is 1.62. The molecule has 3 rings (SSSR count). The van der Waals surface area contributed by atoms with Crippen molar-refractivity contribution in [3.8, 4) is 11.5 Å². The first-order valence-electron chi connectivity index (χ1n) is 7.13. The molecule has 128 valence electrons. The molecule has 0 saturated heterocycles. The van der Waals surface area contributed by atoms with Gasteiger partial charge in [-0.25, -0.2) is 18.5 Å². The van der Waals surface area contributed by atoms with Crippen molar-refractivity contribution >= 4 is 32.3 Å². The van der Waals surface area contributed by atoms with E-state index in [1.54, 1.807) is 31.2 Å². The number of nitrogens with two attached hydrogens (primary N) is 1. The molecule has 1 heterocycles. The van der Waals surface area contributed by atoms with Gasteiger partial charge in [-0.2, -0.15) is 0 Å². The molecule has 0 spiro atoms. The zero-order valence-corrected chi connectivity index (χ0v) is 13.9. The maximum Gasteiger partial charge on any atom is 0.238 e. The molecule has 0 aliphatic heterocycles. The summed E-state index contributed by atoms with van der Waals surface area (Å²) >= 11 is 0. The molecule has 0 amide bonds. The van der Waals surface area contributed by atoms with Gasteiger partial charge in [0.2, 0.25) is 10.0 Å². The Morgan fingerprint density at radius 2 is 1.72 bits per heavy atom. The van der Waals surface area contributed by atoms with Gasteiger partial charge in [-0.3, -0.25) is 0 Å². The molecular weight excluding hydrogens is 344 g/mol. The number of azo groups is 1. The number of aromatic nitrogens is 1. The summed E-state index contributed by atoms with van der Waals surface area (Å²) in [5.41, 5.74) is 0.304. The van der Waals surface area contributed by atoms with Crippen molar-refractivity contribution in [1.82, 2.24) is 4.98 Å². The van der Waals surface area contributed by atoms with E-state index in [9.17, 15) is 18.6 Å². The lowest BCUT2D eigenvalue weighted by Crippen LogP contribution is -2.11. The molecular formula is C16H14N4O4S. The van der Waals surface area contributed by atoms with Gasteiger partial charge < -0.3 is 10.2 Å². The van der Waals surface area contributed by atoms with Crippen molar-refractivity contribution in [2.45, 2.75) is 11.8 Å². The number of hydrogen-bond acceptors (Lipinski definition) is 7. The van der Waals surface area contributed by atoms with Crippen LogP contribution in [-0.4, -0.2) is 23.6 Å². The highest BCUT2D eigenvalue weighted by atomic mass is 32.2. The number of benzene rings is 2. The van der Waals surface area contributed by atoms with E-state index in [2.05, 4.69) is 15.2 Å². The third-order valence-corrected chi connectivity index (χ3v) is 4.48. The van der Waals surface area contributed by atoms with E-state index in [1.165, 1.54) is 12.1 Å². The van der Waals surface area contributed by atoms with Crippen LogP contribution in [0.3, 0.4) is 0 Å². The number of aromatic hydroxyl groups is 2. The lowest BCUT2D eigenvalue weighted by atomic mass is 10.1. The van der Waals surface area contributed by atoms with Gasteiger partial charge in [0, 0.05) is 10.8 Å². The molecule has 25 heavy (non-hydrogen) atoms. The number of primary sulfonamides is 1. The first-order valence-corrected chi connectivity index (χ1v) is 8.68. The molecule has 9 heteroatoms. The fraction of sp³-hybridized carbons (Fsp3) is 0.0625. The molecule has 0 aliphatic rings. The zero-order valence-electron chi connectivity index (χ0n) is 13.1.